The Kier molecular flexibility index (Phi) is 5.71. The second kappa shape index (κ2) is 9.29. The fraction of sp³-hybridized carbons (Fsp3) is 0.333. The van der Waals surface area contributed by atoms with Crippen molar-refractivity contribution in [3.63, 3.8) is 0 Å². The van der Waals surface area contributed by atoms with Gasteiger partial charge in [0.1, 0.15) is 0 Å². The Labute approximate surface area is 225 Å². The van der Waals surface area contributed by atoms with E-state index in [4.69, 9.17) is 0 Å². The molecule has 4 atom stereocenters. The van der Waals surface area contributed by atoms with Gasteiger partial charge in [0.2, 0.25) is 5.91 Å². The summed E-state index contributed by atoms with van der Waals surface area (Å²) in [4.78, 5) is 32.1. The Morgan fingerprint density at radius 1 is 1.13 bits per heavy atom. The fourth-order valence-corrected chi connectivity index (χ4v) is 7.25. The molecule has 1 fully saturated rings. The van der Waals surface area contributed by atoms with Crippen LogP contribution in [-0.2, 0) is 24.2 Å². The Hall–Kier alpha value is -4.08. The van der Waals surface area contributed by atoms with Crippen LogP contribution in [0.15, 0.2) is 71.7 Å². The number of anilines is 2. The lowest BCUT2D eigenvalue weighted by atomic mass is 9.70. The number of nitrogens with one attached hydrogen (secondary N) is 2. The van der Waals surface area contributed by atoms with E-state index in [0.29, 0.717) is 32.5 Å². The minimum absolute atomic E-state index is 0.00900. The van der Waals surface area contributed by atoms with E-state index in [-0.39, 0.29) is 46.2 Å². The van der Waals surface area contributed by atoms with Crippen LogP contribution in [0.25, 0.3) is 10.9 Å². The summed E-state index contributed by atoms with van der Waals surface area (Å²) >= 11 is 0. The van der Waals surface area contributed by atoms with Gasteiger partial charge in [-0.2, -0.15) is 0 Å². The topological polar surface area (TPSA) is 117 Å². The Bertz CT molecular complexity index is 1630. The molecule has 1 saturated heterocycles. The number of carbonyl (C=O) groups excluding carboxylic acids is 1. The van der Waals surface area contributed by atoms with Crippen molar-refractivity contribution in [2.75, 3.05) is 23.2 Å². The van der Waals surface area contributed by atoms with Crippen LogP contribution in [0.3, 0.4) is 0 Å². The van der Waals surface area contributed by atoms with Crippen molar-refractivity contribution >= 4 is 28.2 Å². The molecule has 2 aromatic heterocycles. The molecule has 3 aliphatic heterocycles. The van der Waals surface area contributed by atoms with Gasteiger partial charge in [0.25, 0.3) is 5.56 Å². The van der Waals surface area contributed by atoms with Crippen molar-refractivity contribution in [1.29, 1.82) is 0 Å². The van der Waals surface area contributed by atoms with Gasteiger partial charge in [-0.15, -0.1) is 0 Å². The molecule has 2 bridgehead atoms. The van der Waals surface area contributed by atoms with Crippen LogP contribution >= 0.6 is 0 Å². The number of hydrogen-bond donors (Lipinski definition) is 3. The second-order valence-corrected chi connectivity index (χ2v) is 11.0. The number of aromatic nitrogens is 2. The van der Waals surface area contributed by atoms with Gasteiger partial charge in [-0.3, -0.25) is 14.8 Å². The number of benzene rings is 2. The van der Waals surface area contributed by atoms with Crippen LogP contribution < -0.4 is 21.0 Å². The van der Waals surface area contributed by atoms with Gasteiger partial charge in [0.05, 0.1) is 11.6 Å². The molecule has 39 heavy (non-hydrogen) atoms. The smallest absolute Gasteiger partial charge is 0.250 e. The van der Waals surface area contributed by atoms with Gasteiger partial charge in [0.15, 0.2) is 0 Å². The minimum atomic E-state index is -0.346. The number of carbonyl (C=O) groups is 1. The quantitative estimate of drug-likeness (QED) is 0.344. The summed E-state index contributed by atoms with van der Waals surface area (Å²) < 4.78 is 1.89. The lowest BCUT2D eigenvalue weighted by Gasteiger charge is -2.54. The van der Waals surface area contributed by atoms with Gasteiger partial charge >= 0.3 is 0 Å². The number of amides is 1. The number of nitrogens with zero attached hydrogens (tertiary/aromatic N) is 3. The molecule has 0 saturated carbocycles. The molecule has 4 aromatic rings. The molecule has 3 N–H and O–H groups in total. The van der Waals surface area contributed by atoms with Crippen molar-refractivity contribution in [3.05, 3.63) is 99.2 Å². The monoisotopic (exact) mass is 524 g/mol. The maximum atomic E-state index is 13.8. The predicted molar refractivity (Wildman–Crippen MR) is 149 cm³/mol. The zero-order valence-electron chi connectivity index (χ0n) is 21.4. The van der Waals surface area contributed by atoms with E-state index in [1.54, 1.807) is 18.2 Å². The molecule has 9 heteroatoms. The highest BCUT2D eigenvalue weighted by atomic mass is 16.8. The first kappa shape index (κ1) is 24.0. The standard InChI is InChI=1S/C30H30N5O4/c36-28-7-3-6-26-20-12-21(17-33(26)28)29-24(14-19-13-22(35(38)39)8-9-27(19)34(29)16-20)30(37)31-11-10-18-15-32-25-5-2-1-4-23(18)25/h1-9,13,15,20-21,24,29,32,38H,10-12,14,16-17H2,(H,31,37)/q-1. The van der Waals surface area contributed by atoms with E-state index in [2.05, 4.69) is 21.3 Å². The minimum Gasteiger partial charge on any atom is -0.733 e. The number of para-hydroxylation sites is 1. The van der Waals surface area contributed by atoms with Crippen molar-refractivity contribution in [2.24, 2.45) is 11.8 Å². The molecular weight excluding hydrogens is 494 g/mol. The largest absolute Gasteiger partial charge is 0.733 e. The third-order valence-electron chi connectivity index (χ3n) is 8.92. The maximum absolute atomic E-state index is 13.8. The van der Waals surface area contributed by atoms with Crippen LogP contribution in [0.2, 0.25) is 0 Å². The molecular formula is C30H30N5O4-. The molecule has 1 amide bonds. The van der Waals surface area contributed by atoms with Gasteiger partial charge in [0, 0.05) is 66.1 Å². The SMILES string of the molecule is O=C(NCCc1c[nH]c2ccccc12)C1Cc2cc(N([O-])O)ccc2N2CC3CC(Cn4c3cccc4=O)C12. The van der Waals surface area contributed by atoms with Crippen LogP contribution in [0.1, 0.15) is 29.2 Å². The van der Waals surface area contributed by atoms with Crippen molar-refractivity contribution < 1.29 is 10.0 Å². The Morgan fingerprint density at radius 2 is 2.00 bits per heavy atom. The Morgan fingerprint density at radius 3 is 2.87 bits per heavy atom. The summed E-state index contributed by atoms with van der Waals surface area (Å²) in [5, 5.41) is 25.4. The van der Waals surface area contributed by atoms with Crippen LogP contribution in [0, 0.1) is 17.0 Å². The normalized spacial score (nSPS) is 23.1. The number of H-pyrrole nitrogens is 1. The molecule has 0 spiro atoms. The van der Waals surface area contributed by atoms with Crippen molar-refractivity contribution in [2.45, 2.75) is 37.8 Å². The number of fused-ring (bicyclic) bond motifs is 9. The van der Waals surface area contributed by atoms with Gasteiger partial charge in [-0.1, -0.05) is 24.3 Å². The summed E-state index contributed by atoms with van der Waals surface area (Å²) in [7, 11) is 0. The molecule has 5 heterocycles. The highest BCUT2D eigenvalue weighted by Crippen LogP contribution is 2.47. The number of hydrogen-bond acceptors (Lipinski definition) is 6. The molecule has 200 valence electrons. The zero-order valence-corrected chi connectivity index (χ0v) is 21.4. The summed E-state index contributed by atoms with van der Waals surface area (Å²) in [5.74, 6) is -0.0451. The van der Waals surface area contributed by atoms with E-state index in [1.165, 1.54) is 0 Å². The van der Waals surface area contributed by atoms with E-state index >= 15 is 0 Å². The van der Waals surface area contributed by atoms with Crippen LogP contribution in [-0.4, -0.2) is 39.8 Å². The van der Waals surface area contributed by atoms with Crippen LogP contribution in [0.5, 0.6) is 0 Å². The first-order valence-electron chi connectivity index (χ1n) is 13.6. The summed E-state index contributed by atoms with van der Waals surface area (Å²) in [6.07, 6.45) is 4.11. The molecule has 9 nitrogen and oxygen atoms in total. The fourth-order valence-electron chi connectivity index (χ4n) is 7.25. The van der Waals surface area contributed by atoms with E-state index in [9.17, 15) is 20.0 Å². The van der Waals surface area contributed by atoms with E-state index in [1.807, 2.05) is 47.2 Å². The van der Waals surface area contributed by atoms with Gasteiger partial charge < -0.3 is 30.2 Å². The summed E-state index contributed by atoms with van der Waals surface area (Å²) in [6, 6.07) is 18.7. The zero-order chi connectivity index (χ0) is 26.7. The highest BCUT2D eigenvalue weighted by molar-refractivity contribution is 5.84. The third-order valence-corrected chi connectivity index (χ3v) is 8.92. The first-order chi connectivity index (χ1) is 19.0. The van der Waals surface area contributed by atoms with Crippen LogP contribution in [0.4, 0.5) is 11.4 Å². The van der Waals surface area contributed by atoms with Crippen molar-refractivity contribution in [1.82, 2.24) is 14.9 Å². The molecule has 7 rings (SSSR count). The summed E-state index contributed by atoms with van der Waals surface area (Å²) in [5.41, 5.74) is 5.32. The highest BCUT2D eigenvalue weighted by Gasteiger charge is 2.49. The lowest BCUT2D eigenvalue weighted by Crippen LogP contribution is -2.61. The van der Waals surface area contributed by atoms with Gasteiger partial charge in [-0.25, -0.2) is 0 Å². The van der Waals surface area contributed by atoms with E-state index < -0.39 is 0 Å². The maximum Gasteiger partial charge on any atom is 0.250 e. The van der Waals surface area contributed by atoms with Crippen molar-refractivity contribution in [3.8, 4) is 0 Å². The Balaban J connectivity index is 1.19. The molecule has 3 aliphatic rings. The number of piperidine rings is 1. The molecule has 0 aliphatic carbocycles. The van der Waals surface area contributed by atoms with E-state index in [0.717, 1.165) is 39.8 Å². The lowest BCUT2D eigenvalue weighted by molar-refractivity contribution is -0.126. The molecule has 0 radical (unpaired) electrons. The number of pyridine rings is 1. The number of aromatic amines is 1. The molecule has 2 aromatic carbocycles. The second-order valence-electron chi connectivity index (χ2n) is 11.0. The first-order valence-corrected chi connectivity index (χ1v) is 13.6. The number of rotatable bonds is 5. The average molecular weight is 525 g/mol. The predicted octanol–water partition coefficient (Wildman–Crippen LogP) is 3.55. The summed E-state index contributed by atoms with van der Waals surface area (Å²) in [6.45, 7) is 1.79. The third kappa shape index (κ3) is 4.00. The molecule has 4 unspecified atom stereocenters. The van der Waals surface area contributed by atoms with Gasteiger partial charge in [-0.05, 0) is 66.6 Å². The average Bonchev–Trinajstić information content (AvgIpc) is 3.36.